The first-order valence-corrected chi connectivity index (χ1v) is 8.70. The van der Waals surface area contributed by atoms with Crippen LogP contribution in [0.25, 0.3) is 0 Å². The van der Waals surface area contributed by atoms with Gasteiger partial charge < -0.3 is 10.6 Å². The zero-order valence-corrected chi connectivity index (χ0v) is 15.3. The molecule has 0 bridgehead atoms. The van der Waals surface area contributed by atoms with Gasteiger partial charge in [0.25, 0.3) is 11.8 Å². The second-order valence-corrected chi connectivity index (χ2v) is 7.25. The van der Waals surface area contributed by atoms with E-state index < -0.39 is 29.2 Å². The number of carbonyl (C=O) groups excluding carboxylic acids is 3. The van der Waals surface area contributed by atoms with Crippen LogP contribution in [0.3, 0.4) is 0 Å². The molecule has 9 heteroatoms. The molecule has 132 valence electrons. The summed E-state index contributed by atoms with van der Waals surface area (Å²) in [6.07, 6.45) is 0. The van der Waals surface area contributed by atoms with Gasteiger partial charge in [-0.2, -0.15) is 0 Å². The Kier molecular flexibility index (Phi) is 3.78. The zero-order chi connectivity index (χ0) is 18.6. The number of benzene rings is 2. The number of para-hydroxylation sites is 1. The van der Waals surface area contributed by atoms with E-state index in [-0.39, 0.29) is 28.4 Å². The molecule has 2 aromatic rings. The molecule has 1 saturated heterocycles. The number of anilines is 1. The van der Waals surface area contributed by atoms with Crippen molar-refractivity contribution in [2.45, 2.75) is 12.1 Å². The highest BCUT2D eigenvalue weighted by atomic mass is 79.9. The summed E-state index contributed by atoms with van der Waals surface area (Å²) in [4.78, 5) is 38.8. The molecule has 2 aliphatic heterocycles. The van der Waals surface area contributed by atoms with E-state index in [4.69, 9.17) is 11.6 Å². The molecule has 6 nitrogen and oxygen atoms in total. The summed E-state index contributed by atoms with van der Waals surface area (Å²) in [6.45, 7) is -0.297. The van der Waals surface area contributed by atoms with Crippen molar-refractivity contribution in [3.05, 3.63) is 62.8 Å². The van der Waals surface area contributed by atoms with Crippen molar-refractivity contribution in [1.82, 2.24) is 10.2 Å². The van der Waals surface area contributed by atoms with Crippen LogP contribution in [0.5, 0.6) is 0 Å². The summed E-state index contributed by atoms with van der Waals surface area (Å²) in [5.41, 5.74) is -1.18. The first kappa shape index (κ1) is 17.0. The van der Waals surface area contributed by atoms with Crippen LogP contribution in [-0.4, -0.2) is 22.7 Å². The number of halogens is 3. The Hall–Kier alpha value is -2.45. The minimum absolute atomic E-state index is 0.151. The molecule has 2 heterocycles. The van der Waals surface area contributed by atoms with Gasteiger partial charge in [0.05, 0.1) is 17.3 Å². The fraction of sp³-hybridized carbons (Fsp3) is 0.118. The molecule has 2 aromatic carbocycles. The van der Waals surface area contributed by atoms with Gasteiger partial charge in [-0.1, -0.05) is 45.7 Å². The minimum atomic E-state index is -1.89. The average molecular weight is 439 g/mol. The maximum absolute atomic E-state index is 14.1. The van der Waals surface area contributed by atoms with Crippen LogP contribution < -0.4 is 10.6 Å². The highest BCUT2D eigenvalue weighted by molar-refractivity contribution is 9.10. The Bertz CT molecular complexity index is 999. The van der Waals surface area contributed by atoms with Crippen LogP contribution in [0, 0.1) is 5.82 Å². The molecule has 26 heavy (non-hydrogen) atoms. The average Bonchev–Trinajstić information content (AvgIpc) is 3.01. The summed E-state index contributed by atoms with van der Waals surface area (Å²) in [5, 5.41) is 5.24. The van der Waals surface area contributed by atoms with Gasteiger partial charge >= 0.3 is 6.03 Å². The Labute approximate surface area is 160 Å². The molecule has 4 amide bonds. The molecule has 2 aliphatic rings. The largest absolute Gasteiger partial charge is 0.326 e. The predicted molar refractivity (Wildman–Crippen MR) is 94.9 cm³/mol. The number of amides is 4. The number of rotatable bonds is 2. The van der Waals surface area contributed by atoms with Crippen LogP contribution in [0.15, 0.2) is 40.9 Å². The van der Waals surface area contributed by atoms with E-state index in [0.29, 0.717) is 4.47 Å². The van der Waals surface area contributed by atoms with E-state index >= 15 is 0 Å². The van der Waals surface area contributed by atoms with Crippen LogP contribution in [0.1, 0.15) is 11.1 Å². The third kappa shape index (κ3) is 2.25. The lowest BCUT2D eigenvalue weighted by atomic mass is 9.91. The first-order valence-electron chi connectivity index (χ1n) is 7.53. The minimum Gasteiger partial charge on any atom is -0.322 e. The van der Waals surface area contributed by atoms with Crippen molar-refractivity contribution in [2.24, 2.45) is 0 Å². The van der Waals surface area contributed by atoms with E-state index in [2.05, 4.69) is 26.6 Å². The summed E-state index contributed by atoms with van der Waals surface area (Å²) >= 11 is 9.22. The molecule has 1 unspecified atom stereocenters. The molecule has 0 aliphatic carbocycles. The van der Waals surface area contributed by atoms with Gasteiger partial charge in [-0.3, -0.25) is 14.5 Å². The molecule has 1 fully saturated rings. The number of imide groups is 1. The number of carbonyl (C=O) groups is 3. The molecule has 0 aromatic heterocycles. The highest BCUT2D eigenvalue weighted by Gasteiger charge is 2.62. The van der Waals surface area contributed by atoms with Crippen LogP contribution in [-0.2, 0) is 21.7 Å². The maximum Gasteiger partial charge on any atom is 0.326 e. The Balaban J connectivity index is 1.75. The lowest BCUT2D eigenvalue weighted by Gasteiger charge is -2.19. The molecular weight excluding hydrogens is 429 g/mol. The van der Waals surface area contributed by atoms with Crippen molar-refractivity contribution >= 4 is 51.1 Å². The topological polar surface area (TPSA) is 78.5 Å². The maximum atomic E-state index is 14.1. The predicted octanol–water partition coefficient (Wildman–Crippen LogP) is 3.14. The van der Waals surface area contributed by atoms with E-state index in [9.17, 15) is 18.8 Å². The highest BCUT2D eigenvalue weighted by Crippen LogP contribution is 2.43. The van der Waals surface area contributed by atoms with Gasteiger partial charge in [-0.15, -0.1) is 0 Å². The second-order valence-electron chi connectivity index (χ2n) is 5.92. The first-order chi connectivity index (χ1) is 12.3. The number of hydrogen-bond acceptors (Lipinski definition) is 3. The standard InChI is InChI=1S/C17H10BrClFN3O3/c18-9-5-4-8(12(20)6-9)7-23-15(25)17(22-16(23)26)10-2-1-3-11(19)13(10)21-14(17)24/h1-6H,7H2,(H,21,24)(H,22,26). The zero-order valence-electron chi connectivity index (χ0n) is 13.0. The Morgan fingerprint density at radius 1 is 1.19 bits per heavy atom. The molecular formula is C17H10BrClFN3O3. The van der Waals surface area contributed by atoms with Crippen molar-refractivity contribution in [3.8, 4) is 0 Å². The van der Waals surface area contributed by atoms with Crippen molar-refractivity contribution in [3.63, 3.8) is 0 Å². The van der Waals surface area contributed by atoms with Crippen LogP contribution in [0.4, 0.5) is 14.9 Å². The lowest BCUT2D eigenvalue weighted by Crippen LogP contribution is -2.49. The molecule has 4 rings (SSSR count). The second kappa shape index (κ2) is 5.78. The van der Waals surface area contributed by atoms with E-state index in [1.165, 1.54) is 12.1 Å². The van der Waals surface area contributed by atoms with Gasteiger partial charge in [-0.25, -0.2) is 9.18 Å². The SMILES string of the molecule is O=C1NC2(C(=O)Nc3c(Cl)cccc32)C(=O)N1Cc1ccc(Br)cc1F. The molecule has 2 N–H and O–H groups in total. The smallest absolute Gasteiger partial charge is 0.322 e. The normalized spacial score (nSPS) is 21.2. The fourth-order valence-corrected chi connectivity index (χ4v) is 3.72. The number of hydrogen-bond donors (Lipinski definition) is 2. The van der Waals surface area contributed by atoms with Crippen LogP contribution in [0.2, 0.25) is 5.02 Å². The molecule has 1 spiro atoms. The fourth-order valence-electron chi connectivity index (χ4n) is 3.17. The third-order valence-corrected chi connectivity index (χ3v) is 5.25. The lowest BCUT2D eigenvalue weighted by molar-refractivity contribution is -0.137. The van der Waals surface area contributed by atoms with Gasteiger partial charge in [0, 0.05) is 15.6 Å². The number of fused-ring (bicyclic) bond motifs is 2. The Morgan fingerprint density at radius 2 is 1.96 bits per heavy atom. The van der Waals surface area contributed by atoms with Crippen molar-refractivity contribution in [1.29, 1.82) is 0 Å². The summed E-state index contributed by atoms with van der Waals surface area (Å²) in [6, 6.07) is 8.21. The quantitative estimate of drug-likeness (QED) is 0.558. The summed E-state index contributed by atoms with van der Waals surface area (Å²) < 4.78 is 14.6. The number of nitrogens with one attached hydrogen (secondary N) is 2. The number of urea groups is 1. The molecule has 0 saturated carbocycles. The Morgan fingerprint density at radius 3 is 2.69 bits per heavy atom. The third-order valence-electron chi connectivity index (χ3n) is 4.45. The summed E-state index contributed by atoms with van der Waals surface area (Å²) in [7, 11) is 0. The van der Waals surface area contributed by atoms with E-state index in [1.54, 1.807) is 24.3 Å². The van der Waals surface area contributed by atoms with Crippen LogP contribution >= 0.6 is 27.5 Å². The molecule has 1 atom stereocenters. The van der Waals surface area contributed by atoms with Crippen molar-refractivity contribution < 1.29 is 18.8 Å². The van der Waals surface area contributed by atoms with E-state index in [0.717, 1.165) is 4.90 Å². The van der Waals surface area contributed by atoms with Gasteiger partial charge in [0.1, 0.15) is 5.82 Å². The number of nitrogens with zero attached hydrogens (tertiary/aromatic N) is 1. The van der Waals surface area contributed by atoms with Gasteiger partial charge in [0.2, 0.25) is 5.54 Å². The van der Waals surface area contributed by atoms with Gasteiger partial charge in [0.15, 0.2) is 0 Å². The van der Waals surface area contributed by atoms with Gasteiger partial charge in [-0.05, 0) is 18.2 Å². The molecule has 0 radical (unpaired) electrons. The monoisotopic (exact) mass is 437 g/mol. The van der Waals surface area contributed by atoms with Crippen molar-refractivity contribution in [2.75, 3.05) is 5.32 Å². The summed E-state index contributed by atoms with van der Waals surface area (Å²) in [5.74, 6) is -2.04. The van der Waals surface area contributed by atoms with E-state index in [1.807, 2.05) is 0 Å².